The van der Waals surface area contributed by atoms with Crippen LogP contribution in [0.15, 0.2) is 22.5 Å². The number of aliphatic hydroxyl groups excluding tert-OH is 1. The van der Waals surface area contributed by atoms with E-state index in [0.717, 1.165) is 64.5 Å². The summed E-state index contributed by atoms with van der Waals surface area (Å²) in [6, 6.07) is 4.80. The molecule has 0 amide bonds. The number of hydrogen-bond donors (Lipinski definition) is 3. The molecular formula is C21H38IN5OS. The van der Waals surface area contributed by atoms with Gasteiger partial charge in [0.2, 0.25) is 0 Å². The van der Waals surface area contributed by atoms with Gasteiger partial charge in [0.15, 0.2) is 5.96 Å². The molecule has 0 radical (unpaired) electrons. The highest BCUT2D eigenvalue weighted by Gasteiger charge is 2.24. The average molecular weight is 536 g/mol. The van der Waals surface area contributed by atoms with Crippen LogP contribution >= 0.6 is 35.3 Å². The van der Waals surface area contributed by atoms with Crippen LogP contribution in [0, 0.1) is 0 Å². The van der Waals surface area contributed by atoms with Crippen LogP contribution in [0.4, 0.5) is 0 Å². The summed E-state index contributed by atoms with van der Waals surface area (Å²) < 4.78 is 0. The fraction of sp³-hybridized carbons (Fsp3) is 0.762. The Kier molecular flexibility index (Phi) is 11.8. The number of aliphatic imine (C=N–C) groups is 1. The number of likely N-dealkylation sites (tertiary alicyclic amines) is 2. The molecule has 0 aromatic carbocycles. The van der Waals surface area contributed by atoms with Crippen LogP contribution in [0.1, 0.15) is 49.9 Å². The van der Waals surface area contributed by atoms with E-state index in [1.165, 1.54) is 30.8 Å². The molecule has 3 rings (SSSR count). The van der Waals surface area contributed by atoms with E-state index in [1.807, 2.05) is 11.3 Å². The summed E-state index contributed by atoms with van der Waals surface area (Å²) in [4.78, 5) is 11.4. The van der Waals surface area contributed by atoms with E-state index < -0.39 is 0 Å². The van der Waals surface area contributed by atoms with Crippen molar-refractivity contribution in [3.8, 4) is 0 Å². The van der Waals surface area contributed by atoms with Gasteiger partial charge in [0.05, 0.1) is 18.7 Å². The summed E-state index contributed by atoms with van der Waals surface area (Å²) in [6.07, 6.45) is 5.44. The van der Waals surface area contributed by atoms with Crippen molar-refractivity contribution < 1.29 is 5.11 Å². The lowest BCUT2D eigenvalue weighted by Gasteiger charge is -2.29. The predicted molar refractivity (Wildman–Crippen MR) is 134 cm³/mol. The molecule has 8 heteroatoms. The standard InChI is InChI=1S/C21H37N5OS.HI/c1-2-22-21(23-10-6-11-25-14-8-18(27)9-15-25)24-17-19(20-7-5-16-28-20)26-12-3-4-13-26;/h5,7,16,18-19,27H,2-4,6,8-15,17H2,1H3,(H2,22,23,24);1H. The first-order valence-corrected chi connectivity index (χ1v) is 11.8. The Morgan fingerprint density at radius 3 is 2.66 bits per heavy atom. The molecule has 166 valence electrons. The van der Waals surface area contributed by atoms with Gasteiger partial charge in [-0.25, -0.2) is 0 Å². The largest absolute Gasteiger partial charge is 0.393 e. The van der Waals surface area contributed by atoms with Crippen LogP contribution in [-0.2, 0) is 0 Å². The minimum absolute atomic E-state index is 0. The molecule has 0 saturated carbocycles. The van der Waals surface area contributed by atoms with E-state index in [0.29, 0.717) is 6.04 Å². The second kappa shape index (κ2) is 13.8. The number of piperidine rings is 1. The number of halogens is 1. The molecule has 29 heavy (non-hydrogen) atoms. The van der Waals surface area contributed by atoms with Gasteiger partial charge in [-0.15, -0.1) is 35.3 Å². The molecule has 2 aliphatic heterocycles. The Balaban J connectivity index is 0.00000300. The molecule has 1 aromatic heterocycles. The number of nitrogens with zero attached hydrogens (tertiary/aromatic N) is 3. The third-order valence-corrected chi connectivity index (χ3v) is 6.69. The van der Waals surface area contributed by atoms with E-state index in [2.05, 4.69) is 44.9 Å². The smallest absolute Gasteiger partial charge is 0.191 e. The van der Waals surface area contributed by atoms with Gasteiger partial charge in [0, 0.05) is 31.1 Å². The molecule has 3 N–H and O–H groups in total. The molecule has 2 fully saturated rings. The first kappa shape index (κ1) is 24.8. The predicted octanol–water partition coefficient (Wildman–Crippen LogP) is 2.90. The molecule has 2 aliphatic rings. The maximum atomic E-state index is 9.62. The lowest BCUT2D eigenvalue weighted by atomic mass is 10.1. The van der Waals surface area contributed by atoms with Gasteiger partial charge in [0.25, 0.3) is 0 Å². The highest BCUT2D eigenvalue weighted by Crippen LogP contribution is 2.28. The normalized spacial score (nSPS) is 20.4. The Morgan fingerprint density at radius 2 is 2.00 bits per heavy atom. The Hall–Kier alpha value is -0.420. The molecule has 1 atom stereocenters. The topological polar surface area (TPSA) is 63.1 Å². The maximum absolute atomic E-state index is 9.62. The molecule has 2 saturated heterocycles. The number of nitrogens with one attached hydrogen (secondary N) is 2. The number of aliphatic hydroxyl groups is 1. The second-order valence-electron chi connectivity index (χ2n) is 7.85. The lowest BCUT2D eigenvalue weighted by Crippen LogP contribution is -2.41. The second-order valence-corrected chi connectivity index (χ2v) is 8.83. The third kappa shape index (κ3) is 8.32. The Labute approximate surface area is 197 Å². The van der Waals surface area contributed by atoms with Crippen molar-refractivity contribution in [2.24, 2.45) is 4.99 Å². The van der Waals surface area contributed by atoms with Crippen LogP contribution in [0.3, 0.4) is 0 Å². The molecule has 0 spiro atoms. The fourth-order valence-corrected chi connectivity index (χ4v) is 4.94. The van der Waals surface area contributed by atoms with Crippen LogP contribution in [0.2, 0.25) is 0 Å². The van der Waals surface area contributed by atoms with Gasteiger partial charge in [-0.3, -0.25) is 9.89 Å². The Bertz CT molecular complexity index is 572. The number of guanidine groups is 1. The van der Waals surface area contributed by atoms with Crippen molar-refractivity contribution in [2.45, 2.75) is 51.2 Å². The van der Waals surface area contributed by atoms with Crippen LogP contribution in [0.5, 0.6) is 0 Å². The van der Waals surface area contributed by atoms with E-state index in [1.54, 1.807) is 0 Å². The third-order valence-electron chi connectivity index (χ3n) is 5.72. The Morgan fingerprint density at radius 1 is 1.24 bits per heavy atom. The van der Waals surface area contributed by atoms with Crippen molar-refractivity contribution >= 4 is 41.3 Å². The lowest BCUT2D eigenvalue weighted by molar-refractivity contribution is 0.0823. The van der Waals surface area contributed by atoms with Crippen LogP contribution in [0.25, 0.3) is 0 Å². The van der Waals surface area contributed by atoms with Crippen molar-refractivity contribution in [3.63, 3.8) is 0 Å². The quantitative estimate of drug-likeness (QED) is 0.197. The van der Waals surface area contributed by atoms with Crippen molar-refractivity contribution in [2.75, 3.05) is 52.4 Å². The number of thiophene rings is 1. The van der Waals surface area contributed by atoms with Gasteiger partial charge >= 0.3 is 0 Å². The SMILES string of the molecule is CCNC(=NCC(c1cccs1)N1CCCC1)NCCCN1CCC(O)CC1.I. The highest BCUT2D eigenvalue weighted by atomic mass is 127. The van der Waals surface area contributed by atoms with Crippen molar-refractivity contribution in [1.29, 1.82) is 0 Å². The molecule has 0 aliphatic carbocycles. The molecule has 3 heterocycles. The van der Waals surface area contributed by atoms with E-state index in [4.69, 9.17) is 4.99 Å². The van der Waals surface area contributed by atoms with Crippen molar-refractivity contribution in [1.82, 2.24) is 20.4 Å². The van der Waals surface area contributed by atoms with Gasteiger partial charge in [0.1, 0.15) is 0 Å². The monoisotopic (exact) mass is 535 g/mol. The van der Waals surface area contributed by atoms with Crippen LogP contribution < -0.4 is 10.6 Å². The zero-order chi connectivity index (χ0) is 19.6. The van der Waals surface area contributed by atoms with Gasteiger partial charge in [-0.05, 0) is 70.1 Å². The first-order chi connectivity index (χ1) is 13.8. The average Bonchev–Trinajstić information content (AvgIpc) is 3.41. The van der Waals surface area contributed by atoms with Gasteiger partial charge < -0.3 is 20.6 Å². The minimum atomic E-state index is -0.0891. The zero-order valence-electron chi connectivity index (χ0n) is 17.7. The van der Waals surface area contributed by atoms with Crippen molar-refractivity contribution in [3.05, 3.63) is 22.4 Å². The fourth-order valence-electron chi connectivity index (χ4n) is 4.09. The molecule has 1 unspecified atom stereocenters. The van der Waals surface area contributed by atoms with Gasteiger partial charge in [-0.1, -0.05) is 6.07 Å². The molecule has 0 bridgehead atoms. The summed E-state index contributed by atoms with van der Waals surface area (Å²) in [6.45, 7) is 10.2. The van der Waals surface area contributed by atoms with Gasteiger partial charge in [-0.2, -0.15) is 0 Å². The van der Waals surface area contributed by atoms with E-state index >= 15 is 0 Å². The highest BCUT2D eigenvalue weighted by molar-refractivity contribution is 14.0. The molecular weight excluding hydrogens is 497 g/mol. The molecule has 1 aromatic rings. The summed E-state index contributed by atoms with van der Waals surface area (Å²) in [5.41, 5.74) is 0. The minimum Gasteiger partial charge on any atom is -0.393 e. The zero-order valence-corrected chi connectivity index (χ0v) is 20.8. The number of hydrogen-bond acceptors (Lipinski definition) is 5. The summed E-state index contributed by atoms with van der Waals surface area (Å²) in [5.74, 6) is 0.928. The first-order valence-electron chi connectivity index (χ1n) is 11.0. The van der Waals surface area contributed by atoms with E-state index in [9.17, 15) is 5.11 Å². The maximum Gasteiger partial charge on any atom is 0.191 e. The number of rotatable bonds is 9. The summed E-state index contributed by atoms with van der Waals surface area (Å²) >= 11 is 1.85. The molecule has 6 nitrogen and oxygen atoms in total. The van der Waals surface area contributed by atoms with Crippen LogP contribution in [-0.4, -0.2) is 79.3 Å². The summed E-state index contributed by atoms with van der Waals surface area (Å²) in [7, 11) is 0. The van der Waals surface area contributed by atoms with E-state index in [-0.39, 0.29) is 30.1 Å². The summed E-state index contributed by atoms with van der Waals surface area (Å²) in [5, 5.41) is 18.7.